The summed E-state index contributed by atoms with van der Waals surface area (Å²) in [4.78, 5) is 4.00. The lowest BCUT2D eigenvalue weighted by molar-refractivity contribution is 0.593. The number of nitrogen functional groups attached to an aromatic ring is 1. The second-order valence-electron chi connectivity index (χ2n) is 3.96. The molecule has 2 aromatic rings. The first-order valence-corrected chi connectivity index (χ1v) is 8.01. The molecule has 0 amide bonds. The van der Waals surface area contributed by atoms with Crippen molar-refractivity contribution in [3.63, 3.8) is 0 Å². The maximum Gasteiger partial charge on any atom is 0.275 e. The Morgan fingerprint density at radius 2 is 2.16 bits per heavy atom. The summed E-state index contributed by atoms with van der Waals surface area (Å²) in [5.74, 6) is 0. The van der Waals surface area contributed by atoms with Crippen molar-refractivity contribution in [1.82, 2.24) is 4.98 Å². The average Bonchev–Trinajstić information content (AvgIpc) is 2.77. The number of rotatable bonds is 4. The van der Waals surface area contributed by atoms with Crippen molar-refractivity contribution in [2.75, 3.05) is 16.6 Å². The van der Waals surface area contributed by atoms with E-state index in [2.05, 4.69) is 4.98 Å². The molecule has 7 heteroatoms. The molecule has 1 heterocycles. The molecular weight excluding hydrogens is 282 g/mol. The molecule has 0 saturated heterocycles. The van der Waals surface area contributed by atoms with Crippen LogP contribution >= 0.6 is 11.3 Å². The molecule has 0 radical (unpaired) electrons. The van der Waals surface area contributed by atoms with Crippen molar-refractivity contribution >= 4 is 32.7 Å². The fourth-order valence-corrected chi connectivity index (χ4v) is 4.43. The predicted octanol–water partition coefficient (Wildman–Crippen LogP) is 2.25. The van der Waals surface area contributed by atoms with Gasteiger partial charge in [0.1, 0.15) is 0 Å². The van der Waals surface area contributed by atoms with Crippen molar-refractivity contribution in [2.45, 2.75) is 18.1 Å². The van der Waals surface area contributed by atoms with E-state index in [-0.39, 0.29) is 4.21 Å². The van der Waals surface area contributed by atoms with Crippen molar-refractivity contribution in [1.29, 1.82) is 0 Å². The quantitative estimate of drug-likeness (QED) is 0.878. The minimum absolute atomic E-state index is 0.245. The fourth-order valence-electron chi connectivity index (χ4n) is 1.74. The molecule has 1 aromatic carbocycles. The van der Waals surface area contributed by atoms with Crippen LogP contribution in [0.15, 0.2) is 34.7 Å². The summed E-state index contributed by atoms with van der Waals surface area (Å²) < 4.78 is 26.7. The standard InChI is InChI=1S/C12H15N3O2S2/c1-3-15(11-6-4-5-10(13)7-11)19(16,17)12-8-14-9(2)18-12/h4-8H,3,13H2,1-2H3. The minimum Gasteiger partial charge on any atom is -0.399 e. The van der Waals surface area contributed by atoms with Crippen LogP contribution in [0.1, 0.15) is 11.9 Å². The fraction of sp³-hybridized carbons (Fsp3) is 0.250. The zero-order chi connectivity index (χ0) is 14.0. The lowest BCUT2D eigenvalue weighted by Gasteiger charge is -2.22. The highest BCUT2D eigenvalue weighted by atomic mass is 32.2. The number of nitrogens with zero attached hydrogens (tertiary/aromatic N) is 2. The van der Waals surface area contributed by atoms with Gasteiger partial charge in [0.2, 0.25) is 0 Å². The summed E-state index contributed by atoms with van der Waals surface area (Å²) in [6.45, 7) is 3.90. The third-order valence-electron chi connectivity index (χ3n) is 2.59. The topological polar surface area (TPSA) is 76.3 Å². The summed E-state index contributed by atoms with van der Waals surface area (Å²) in [5.41, 5.74) is 6.80. The van der Waals surface area contributed by atoms with Gasteiger partial charge in [0, 0.05) is 12.2 Å². The second-order valence-corrected chi connectivity index (χ2v) is 7.29. The molecule has 0 aliphatic carbocycles. The Morgan fingerprint density at radius 1 is 1.42 bits per heavy atom. The van der Waals surface area contributed by atoms with Gasteiger partial charge in [-0.3, -0.25) is 4.31 Å². The van der Waals surface area contributed by atoms with E-state index in [4.69, 9.17) is 5.73 Å². The Kier molecular flexibility index (Phi) is 3.77. The summed E-state index contributed by atoms with van der Waals surface area (Å²) in [5, 5.41) is 0.724. The number of aryl methyl sites for hydroxylation is 1. The molecule has 0 saturated carbocycles. The highest BCUT2D eigenvalue weighted by molar-refractivity contribution is 7.94. The summed E-state index contributed by atoms with van der Waals surface area (Å²) in [6, 6.07) is 6.84. The minimum atomic E-state index is -3.57. The molecule has 5 nitrogen and oxygen atoms in total. The molecule has 2 N–H and O–H groups in total. The van der Waals surface area contributed by atoms with Crippen molar-refractivity contribution in [3.05, 3.63) is 35.5 Å². The highest BCUT2D eigenvalue weighted by Gasteiger charge is 2.25. The molecule has 0 atom stereocenters. The van der Waals surface area contributed by atoms with Gasteiger partial charge < -0.3 is 5.73 Å². The Morgan fingerprint density at radius 3 is 2.68 bits per heavy atom. The van der Waals surface area contributed by atoms with Crippen LogP contribution in [0.25, 0.3) is 0 Å². The predicted molar refractivity (Wildman–Crippen MR) is 77.9 cm³/mol. The van der Waals surface area contributed by atoms with Crippen LogP contribution in [0.4, 0.5) is 11.4 Å². The normalized spacial score (nSPS) is 11.5. The van der Waals surface area contributed by atoms with Crippen LogP contribution in [0, 0.1) is 6.92 Å². The summed E-state index contributed by atoms with van der Waals surface area (Å²) in [6.07, 6.45) is 1.39. The van der Waals surface area contributed by atoms with Gasteiger partial charge in [-0.2, -0.15) is 0 Å². The molecule has 2 rings (SSSR count). The largest absolute Gasteiger partial charge is 0.399 e. The third-order valence-corrected chi connectivity index (χ3v) is 5.84. The first kappa shape index (κ1) is 13.8. The number of aromatic nitrogens is 1. The molecule has 0 spiro atoms. The van der Waals surface area contributed by atoms with Crippen molar-refractivity contribution in [2.24, 2.45) is 0 Å². The number of hydrogen-bond donors (Lipinski definition) is 1. The van der Waals surface area contributed by atoms with Crippen molar-refractivity contribution < 1.29 is 8.42 Å². The number of benzene rings is 1. The Hall–Kier alpha value is -1.60. The lowest BCUT2D eigenvalue weighted by atomic mass is 10.3. The molecule has 0 fully saturated rings. The van der Waals surface area contributed by atoms with E-state index in [1.54, 1.807) is 38.1 Å². The molecule has 0 unspecified atom stereocenters. The van der Waals surface area contributed by atoms with Crippen LogP contribution in [-0.4, -0.2) is 19.9 Å². The number of sulfonamides is 1. The molecule has 0 aliphatic rings. The number of hydrogen-bond acceptors (Lipinski definition) is 5. The molecule has 1 aromatic heterocycles. The first-order valence-electron chi connectivity index (χ1n) is 5.76. The smallest absolute Gasteiger partial charge is 0.275 e. The van der Waals surface area contributed by atoms with Crippen LogP contribution in [0.5, 0.6) is 0 Å². The second kappa shape index (κ2) is 5.18. The molecule has 19 heavy (non-hydrogen) atoms. The van der Waals surface area contributed by atoms with Gasteiger partial charge in [-0.25, -0.2) is 13.4 Å². The lowest BCUT2D eigenvalue weighted by Crippen LogP contribution is -2.30. The van der Waals surface area contributed by atoms with Crippen LogP contribution in [-0.2, 0) is 10.0 Å². The van der Waals surface area contributed by atoms with E-state index in [1.165, 1.54) is 21.8 Å². The monoisotopic (exact) mass is 297 g/mol. The number of anilines is 2. The third kappa shape index (κ3) is 2.71. The number of thiazole rings is 1. The van der Waals surface area contributed by atoms with Crippen LogP contribution in [0.2, 0.25) is 0 Å². The van der Waals surface area contributed by atoms with E-state index in [9.17, 15) is 8.42 Å². The molecule has 0 bridgehead atoms. The van der Waals surface area contributed by atoms with E-state index in [1.807, 2.05) is 0 Å². The van der Waals surface area contributed by atoms with Gasteiger partial charge in [0.25, 0.3) is 10.0 Å². The molecular formula is C12H15N3O2S2. The molecule has 0 aliphatic heterocycles. The Balaban J connectivity index is 2.47. The summed E-state index contributed by atoms with van der Waals surface area (Å²) >= 11 is 1.17. The van der Waals surface area contributed by atoms with Gasteiger partial charge in [-0.15, -0.1) is 11.3 Å². The van der Waals surface area contributed by atoms with Gasteiger partial charge in [0.15, 0.2) is 4.21 Å². The zero-order valence-corrected chi connectivity index (χ0v) is 12.3. The summed E-state index contributed by atoms with van der Waals surface area (Å²) in [7, 11) is -3.57. The maximum atomic E-state index is 12.5. The highest BCUT2D eigenvalue weighted by Crippen LogP contribution is 2.27. The maximum absolute atomic E-state index is 12.5. The average molecular weight is 297 g/mol. The van der Waals surface area contributed by atoms with E-state index < -0.39 is 10.0 Å². The molecule has 102 valence electrons. The Bertz CT molecular complexity index is 680. The first-order chi connectivity index (χ1) is 8.95. The van der Waals surface area contributed by atoms with Crippen molar-refractivity contribution in [3.8, 4) is 0 Å². The zero-order valence-electron chi connectivity index (χ0n) is 10.7. The number of nitrogens with two attached hydrogens (primary N) is 1. The van der Waals surface area contributed by atoms with Crippen LogP contribution < -0.4 is 10.0 Å². The van der Waals surface area contributed by atoms with Gasteiger partial charge in [-0.1, -0.05) is 6.07 Å². The van der Waals surface area contributed by atoms with Gasteiger partial charge in [0.05, 0.1) is 16.9 Å². The Labute approximate surface area is 116 Å². The SMILES string of the molecule is CCN(c1cccc(N)c1)S(=O)(=O)c1cnc(C)s1. The van der Waals surface area contributed by atoms with Crippen LogP contribution in [0.3, 0.4) is 0 Å². The van der Waals surface area contributed by atoms with E-state index >= 15 is 0 Å². The van der Waals surface area contributed by atoms with E-state index in [0.29, 0.717) is 17.9 Å². The van der Waals surface area contributed by atoms with E-state index in [0.717, 1.165) is 5.01 Å². The van der Waals surface area contributed by atoms with Gasteiger partial charge in [-0.05, 0) is 32.0 Å². The van der Waals surface area contributed by atoms with Gasteiger partial charge >= 0.3 is 0 Å².